The molecule has 72 valence electrons. The second-order valence-corrected chi connectivity index (χ2v) is 3.42. The number of benzene rings is 1. The lowest BCUT2D eigenvalue weighted by Gasteiger charge is -1.91. The van der Waals surface area contributed by atoms with Crippen molar-refractivity contribution in [2.75, 3.05) is 0 Å². The Hall–Kier alpha value is -1.19. The highest BCUT2D eigenvalue weighted by Crippen LogP contribution is 2.33. The van der Waals surface area contributed by atoms with Gasteiger partial charge >= 0.3 is 5.97 Å². The van der Waals surface area contributed by atoms with E-state index in [1.807, 2.05) is 0 Å². The van der Waals surface area contributed by atoms with Crippen LogP contribution >= 0.6 is 23.2 Å². The molecule has 0 amide bonds. The van der Waals surface area contributed by atoms with Crippen molar-refractivity contribution >= 4 is 40.1 Å². The summed E-state index contributed by atoms with van der Waals surface area (Å²) in [6.45, 7) is 0. The monoisotopic (exact) mass is 230 g/mol. The SMILES string of the molecule is O=C(O)c1c(Cl)oc2c(Cl)cccc12. The van der Waals surface area contributed by atoms with Gasteiger partial charge in [0.1, 0.15) is 5.56 Å². The van der Waals surface area contributed by atoms with Gasteiger partial charge < -0.3 is 9.52 Å². The Labute approximate surface area is 88.8 Å². The Morgan fingerprint density at radius 1 is 1.36 bits per heavy atom. The van der Waals surface area contributed by atoms with Gasteiger partial charge in [-0.3, -0.25) is 0 Å². The molecule has 2 rings (SSSR count). The fourth-order valence-electron chi connectivity index (χ4n) is 1.26. The van der Waals surface area contributed by atoms with Gasteiger partial charge in [0, 0.05) is 5.39 Å². The maximum Gasteiger partial charge on any atom is 0.341 e. The lowest BCUT2D eigenvalue weighted by molar-refractivity contribution is 0.0698. The van der Waals surface area contributed by atoms with Gasteiger partial charge in [0.05, 0.1) is 5.02 Å². The minimum absolute atomic E-state index is 0.0517. The third-order valence-corrected chi connectivity index (χ3v) is 2.40. The first-order valence-electron chi connectivity index (χ1n) is 3.71. The van der Waals surface area contributed by atoms with Crippen LogP contribution in [0.15, 0.2) is 22.6 Å². The molecule has 0 aliphatic carbocycles. The van der Waals surface area contributed by atoms with E-state index in [0.717, 1.165) is 0 Å². The predicted molar refractivity (Wildman–Crippen MR) is 53.2 cm³/mol. The number of para-hydroxylation sites is 1. The van der Waals surface area contributed by atoms with Gasteiger partial charge in [-0.1, -0.05) is 23.7 Å². The summed E-state index contributed by atoms with van der Waals surface area (Å²) in [5.41, 5.74) is 0.251. The predicted octanol–water partition coefficient (Wildman–Crippen LogP) is 3.44. The van der Waals surface area contributed by atoms with Crippen LogP contribution < -0.4 is 0 Å². The third-order valence-electron chi connectivity index (χ3n) is 1.84. The molecule has 5 heteroatoms. The van der Waals surface area contributed by atoms with Gasteiger partial charge in [0.25, 0.3) is 0 Å². The second-order valence-electron chi connectivity index (χ2n) is 2.67. The van der Waals surface area contributed by atoms with Crippen LogP contribution in [-0.4, -0.2) is 11.1 Å². The number of rotatable bonds is 1. The van der Waals surface area contributed by atoms with Gasteiger partial charge in [-0.05, 0) is 17.7 Å². The van der Waals surface area contributed by atoms with Crippen LogP contribution in [0.5, 0.6) is 0 Å². The number of carboxylic acid groups (broad SMARTS) is 1. The molecule has 1 aromatic carbocycles. The molecule has 0 atom stereocenters. The summed E-state index contributed by atoms with van der Waals surface area (Å²) in [7, 11) is 0. The molecule has 0 aliphatic rings. The van der Waals surface area contributed by atoms with E-state index in [9.17, 15) is 4.79 Å². The van der Waals surface area contributed by atoms with Gasteiger partial charge in [-0.2, -0.15) is 0 Å². The van der Waals surface area contributed by atoms with Crippen molar-refractivity contribution in [2.24, 2.45) is 0 Å². The highest BCUT2D eigenvalue weighted by atomic mass is 35.5. The van der Waals surface area contributed by atoms with E-state index < -0.39 is 5.97 Å². The Balaban J connectivity index is 2.90. The van der Waals surface area contributed by atoms with Gasteiger partial charge in [0.2, 0.25) is 5.22 Å². The number of hydrogen-bond donors (Lipinski definition) is 1. The minimum Gasteiger partial charge on any atom is -0.477 e. The largest absolute Gasteiger partial charge is 0.477 e. The summed E-state index contributed by atoms with van der Waals surface area (Å²) in [4.78, 5) is 10.8. The second kappa shape index (κ2) is 3.19. The maximum absolute atomic E-state index is 10.8. The normalized spacial score (nSPS) is 10.7. The zero-order valence-electron chi connectivity index (χ0n) is 6.75. The Morgan fingerprint density at radius 2 is 2.07 bits per heavy atom. The number of hydrogen-bond acceptors (Lipinski definition) is 2. The molecule has 0 spiro atoms. The average molecular weight is 231 g/mol. The van der Waals surface area contributed by atoms with Crippen LogP contribution in [0.4, 0.5) is 0 Å². The van der Waals surface area contributed by atoms with E-state index in [1.165, 1.54) is 0 Å². The molecular weight excluding hydrogens is 227 g/mol. The average Bonchev–Trinajstić information content (AvgIpc) is 2.42. The van der Waals surface area contributed by atoms with Gasteiger partial charge in [0.15, 0.2) is 5.58 Å². The summed E-state index contributed by atoms with van der Waals surface area (Å²) < 4.78 is 5.04. The lowest BCUT2D eigenvalue weighted by atomic mass is 10.2. The van der Waals surface area contributed by atoms with Gasteiger partial charge in [-0.15, -0.1) is 0 Å². The summed E-state index contributed by atoms with van der Waals surface area (Å²) >= 11 is 11.4. The number of aromatic carboxylic acids is 1. The topological polar surface area (TPSA) is 50.4 Å². The zero-order chi connectivity index (χ0) is 10.3. The first-order chi connectivity index (χ1) is 6.61. The molecular formula is C9H4Cl2O3. The van der Waals surface area contributed by atoms with Gasteiger partial charge in [-0.25, -0.2) is 4.79 Å². The van der Waals surface area contributed by atoms with Crippen LogP contribution in [-0.2, 0) is 0 Å². The molecule has 0 saturated heterocycles. The van der Waals surface area contributed by atoms with Crippen LogP contribution in [0.2, 0.25) is 10.2 Å². The standard InChI is InChI=1S/C9H4Cl2O3/c10-5-3-1-2-4-6(9(12)13)8(11)14-7(4)5/h1-3H,(H,12,13). The third kappa shape index (κ3) is 1.25. The first-order valence-corrected chi connectivity index (χ1v) is 4.46. The van der Waals surface area contributed by atoms with Crippen LogP contribution in [0, 0.1) is 0 Å². The molecule has 2 aromatic rings. The Morgan fingerprint density at radius 3 is 2.71 bits per heavy atom. The summed E-state index contributed by atoms with van der Waals surface area (Å²) in [6, 6.07) is 4.85. The van der Waals surface area contributed by atoms with E-state index in [-0.39, 0.29) is 10.8 Å². The highest BCUT2D eigenvalue weighted by molar-refractivity contribution is 6.37. The highest BCUT2D eigenvalue weighted by Gasteiger charge is 2.19. The van der Waals surface area contributed by atoms with E-state index in [0.29, 0.717) is 16.0 Å². The summed E-state index contributed by atoms with van der Waals surface area (Å²) in [6.07, 6.45) is 0. The van der Waals surface area contributed by atoms with E-state index in [2.05, 4.69) is 0 Å². The fraction of sp³-hybridized carbons (Fsp3) is 0. The molecule has 1 aromatic heterocycles. The van der Waals surface area contributed by atoms with Crippen LogP contribution in [0.1, 0.15) is 10.4 Å². The van der Waals surface area contributed by atoms with E-state index in [4.69, 9.17) is 32.7 Å². The first kappa shape index (κ1) is 9.37. The Kier molecular flexibility index (Phi) is 2.13. The number of halogens is 2. The molecule has 0 saturated carbocycles. The lowest BCUT2D eigenvalue weighted by Crippen LogP contribution is -1.94. The number of carboxylic acids is 1. The summed E-state index contributed by atoms with van der Waals surface area (Å²) in [5, 5.41) is 9.46. The van der Waals surface area contributed by atoms with Crippen molar-refractivity contribution in [3.63, 3.8) is 0 Å². The van der Waals surface area contributed by atoms with Crippen molar-refractivity contribution in [1.29, 1.82) is 0 Å². The van der Waals surface area contributed by atoms with Crippen molar-refractivity contribution in [1.82, 2.24) is 0 Å². The molecule has 0 aliphatic heterocycles. The molecule has 0 bridgehead atoms. The molecule has 3 nitrogen and oxygen atoms in total. The Bertz CT molecular complexity index is 516. The van der Waals surface area contributed by atoms with Crippen molar-refractivity contribution < 1.29 is 14.3 Å². The number of carbonyl (C=O) groups is 1. The number of fused-ring (bicyclic) bond motifs is 1. The smallest absolute Gasteiger partial charge is 0.341 e. The van der Waals surface area contributed by atoms with Crippen LogP contribution in [0.25, 0.3) is 11.0 Å². The minimum atomic E-state index is -1.13. The number of furan rings is 1. The summed E-state index contributed by atoms with van der Waals surface area (Å²) in [5.74, 6) is -1.13. The van der Waals surface area contributed by atoms with Crippen LogP contribution in [0.3, 0.4) is 0 Å². The van der Waals surface area contributed by atoms with Crippen molar-refractivity contribution in [2.45, 2.75) is 0 Å². The molecule has 0 fully saturated rings. The molecule has 0 unspecified atom stereocenters. The van der Waals surface area contributed by atoms with Crippen molar-refractivity contribution in [3.05, 3.63) is 34.0 Å². The molecule has 1 heterocycles. The fourth-order valence-corrected chi connectivity index (χ4v) is 1.73. The molecule has 14 heavy (non-hydrogen) atoms. The zero-order valence-corrected chi connectivity index (χ0v) is 8.26. The molecule has 0 radical (unpaired) electrons. The van der Waals surface area contributed by atoms with E-state index in [1.54, 1.807) is 18.2 Å². The van der Waals surface area contributed by atoms with E-state index >= 15 is 0 Å². The van der Waals surface area contributed by atoms with Crippen molar-refractivity contribution in [3.8, 4) is 0 Å². The maximum atomic E-state index is 10.8. The molecule has 1 N–H and O–H groups in total. The quantitative estimate of drug-likeness (QED) is 0.817.